The van der Waals surface area contributed by atoms with E-state index in [1.807, 2.05) is 26.0 Å². The Morgan fingerprint density at radius 3 is 2.29 bits per heavy atom. The molecule has 0 amide bonds. The molecule has 3 heteroatoms. The zero-order chi connectivity index (χ0) is 13.0. The number of phenolic OH excluding ortho intramolecular Hbond substituents is 1. The molecule has 0 fully saturated rings. The van der Waals surface area contributed by atoms with E-state index in [1.165, 1.54) is 0 Å². The van der Waals surface area contributed by atoms with Gasteiger partial charge in [0, 0.05) is 5.57 Å². The van der Waals surface area contributed by atoms with Gasteiger partial charge in [-0.05, 0) is 50.3 Å². The first-order valence-corrected chi connectivity index (χ1v) is 5.61. The highest BCUT2D eigenvalue weighted by Gasteiger charge is 2.03. The highest BCUT2D eigenvalue weighted by Crippen LogP contribution is 2.23. The van der Waals surface area contributed by atoms with E-state index >= 15 is 0 Å². The Morgan fingerprint density at radius 1 is 1.29 bits per heavy atom. The van der Waals surface area contributed by atoms with E-state index in [4.69, 9.17) is 5.11 Å². The molecular formula is C14H18O3. The van der Waals surface area contributed by atoms with Gasteiger partial charge in [-0.3, -0.25) is 0 Å². The molecule has 17 heavy (non-hydrogen) atoms. The maximum absolute atomic E-state index is 10.6. The lowest BCUT2D eigenvalue weighted by atomic mass is 10.0. The van der Waals surface area contributed by atoms with Crippen molar-refractivity contribution >= 4 is 5.97 Å². The van der Waals surface area contributed by atoms with Crippen LogP contribution >= 0.6 is 0 Å². The van der Waals surface area contributed by atoms with E-state index in [2.05, 4.69) is 0 Å². The molecule has 0 saturated carbocycles. The SMILES string of the molecule is CC(=CCCc1cc(C)c(O)c(C)c1)C(=O)O. The Hall–Kier alpha value is -1.77. The molecule has 0 unspecified atom stereocenters. The van der Waals surface area contributed by atoms with Gasteiger partial charge in [-0.2, -0.15) is 0 Å². The molecule has 0 radical (unpaired) electrons. The van der Waals surface area contributed by atoms with Crippen LogP contribution < -0.4 is 0 Å². The third-order valence-electron chi connectivity index (χ3n) is 2.77. The van der Waals surface area contributed by atoms with Gasteiger partial charge in [0.25, 0.3) is 0 Å². The molecule has 0 heterocycles. The average Bonchev–Trinajstić information content (AvgIpc) is 2.25. The van der Waals surface area contributed by atoms with Crippen LogP contribution in [-0.2, 0) is 11.2 Å². The van der Waals surface area contributed by atoms with Crippen molar-refractivity contribution < 1.29 is 15.0 Å². The molecule has 92 valence electrons. The quantitative estimate of drug-likeness (QED) is 0.787. The molecule has 0 spiro atoms. The highest BCUT2D eigenvalue weighted by atomic mass is 16.4. The fourth-order valence-corrected chi connectivity index (χ4v) is 1.73. The van der Waals surface area contributed by atoms with Crippen LogP contribution in [0.15, 0.2) is 23.8 Å². The number of carboxylic acid groups (broad SMARTS) is 1. The largest absolute Gasteiger partial charge is 0.507 e. The summed E-state index contributed by atoms with van der Waals surface area (Å²) in [5.74, 6) is -0.533. The number of aliphatic carboxylic acids is 1. The van der Waals surface area contributed by atoms with Crippen LogP contribution in [0.2, 0.25) is 0 Å². The van der Waals surface area contributed by atoms with Crippen molar-refractivity contribution in [1.29, 1.82) is 0 Å². The van der Waals surface area contributed by atoms with Gasteiger partial charge in [-0.25, -0.2) is 4.79 Å². The number of carbonyl (C=O) groups is 1. The van der Waals surface area contributed by atoms with Crippen LogP contribution in [0, 0.1) is 13.8 Å². The van der Waals surface area contributed by atoms with Gasteiger partial charge in [-0.1, -0.05) is 18.2 Å². The Morgan fingerprint density at radius 2 is 1.82 bits per heavy atom. The van der Waals surface area contributed by atoms with Crippen molar-refractivity contribution in [2.45, 2.75) is 33.6 Å². The number of allylic oxidation sites excluding steroid dienone is 1. The highest BCUT2D eigenvalue weighted by molar-refractivity contribution is 5.85. The van der Waals surface area contributed by atoms with Crippen LogP contribution in [0.25, 0.3) is 0 Å². The maximum atomic E-state index is 10.6. The summed E-state index contributed by atoms with van der Waals surface area (Å²) in [6, 6.07) is 3.87. The molecule has 0 aliphatic rings. The lowest BCUT2D eigenvalue weighted by molar-refractivity contribution is -0.132. The minimum atomic E-state index is -0.872. The van der Waals surface area contributed by atoms with Gasteiger partial charge in [0.05, 0.1) is 0 Å². The molecule has 0 bridgehead atoms. The Labute approximate surface area is 101 Å². The number of rotatable bonds is 4. The number of aryl methyl sites for hydroxylation is 3. The summed E-state index contributed by atoms with van der Waals surface area (Å²) >= 11 is 0. The molecule has 1 aromatic carbocycles. The summed E-state index contributed by atoms with van der Waals surface area (Å²) < 4.78 is 0. The molecule has 0 saturated heterocycles. The number of hydrogen-bond donors (Lipinski definition) is 2. The Kier molecular flexibility index (Phi) is 4.32. The molecular weight excluding hydrogens is 216 g/mol. The summed E-state index contributed by atoms with van der Waals surface area (Å²) in [6.07, 6.45) is 3.20. The van der Waals surface area contributed by atoms with Gasteiger partial charge in [0.15, 0.2) is 0 Å². The molecule has 1 rings (SSSR count). The maximum Gasteiger partial charge on any atom is 0.330 e. The van der Waals surface area contributed by atoms with Crippen LogP contribution in [0.1, 0.15) is 30.0 Å². The van der Waals surface area contributed by atoms with Crippen LogP contribution in [0.5, 0.6) is 5.75 Å². The molecule has 0 atom stereocenters. The molecule has 3 nitrogen and oxygen atoms in total. The summed E-state index contributed by atoms with van der Waals surface area (Å²) in [5, 5.41) is 18.3. The molecule has 1 aromatic rings. The van der Waals surface area contributed by atoms with E-state index in [0.717, 1.165) is 23.1 Å². The lowest BCUT2D eigenvalue weighted by Crippen LogP contribution is -1.96. The molecule has 0 aliphatic heterocycles. The van der Waals surface area contributed by atoms with Gasteiger partial charge >= 0.3 is 5.97 Å². The zero-order valence-corrected chi connectivity index (χ0v) is 10.4. The predicted molar refractivity (Wildman–Crippen MR) is 67.3 cm³/mol. The molecule has 2 N–H and O–H groups in total. The van der Waals surface area contributed by atoms with Gasteiger partial charge in [0.2, 0.25) is 0 Å². The van der Waals surface area contributed by atoms with Crippen molar-refractivity contribution in [3.63, 3.8) is 0 Å². The van der Waals surface area contributed by atoms with Crippen molar-refractivity contribution in [3.05, 3.63) is 40.5 Å². The standard InChI is InChI=1S/C14H18O3/c1-9(14(16)17)5-4-6-12-7-10(2)13(15)11(3)8-12/h5,7-8,15H,4,6H2,1-3H3,(H,16,17). The number of benzene rings is 1. The van der Waals surface area contributed by atoms with Crippen molar-refractivity contribution in [2.75, 3.05) is 0 Å². The zero-order valence-electron chi connectivity index (χ0n) is 10.4. The third-order valence-corrected chi connectivity index (χ3v) is 2.77. The van der Waals surface area contributed by atoms with E-state index in [1.54, 1.807) is 13.0 Å². The Bertz CT molecular complexity index is 436. The third kappa shape index (κ3) is 3.63. The first kappa shape index (κ1) is 13.3. The van der Waals surface area contributed by atoms with Crippen LogP contribution in [-0.4, -0.2) is 16.2 Å². The number of aromatic hydroxyl groups is 1. The first-order chi connectivity index (χ1) is 7.91. The second-order valence-electron chi connectivity index (χ2n) is 4.31. The van der Waals surface area contributed by atoms with E-state index in [-0.39, 0.29) is 0 Å². The minimum Gasteiger partial charge on any atom is -0.507 e. The van der Waals surface area contributed by atoms with Gasteiger partial charge in [0.1, 0.15) is 5.75 Å². The minimum absolute atomic E-state index is 0.339. The first-order valence-electron chi connectivity index (χ1n) is 5.61. The van der Waals surface area contributed by atoms with Crippen molar-refractivity contribution in [1.82, 2.24) is 0 Å². The lowest BCUT2D eigenvalue weighted by Gasteiger charge is -2.07. The second kappa shape index (κ2) is 5.53. The average molecular weight is 234 g/mol. The van der Waals surface area contributed by atoms with Crippen molar-refractivity contribution in [2.24, 2.45) is 0 Å². The fourth-order valence-electron chi connectivity index (χ4n) is 1.73. The summed E-state index contributed by atoms with van der Waals surface area (Å²) in [5.41, 5.74) is 3.21. The summed E-state index contributed by atoms with van der Waals surface area (Å²) in [7, 11) is 0. The van der Waals surface area contributed by atoms with Crippen LogP contribution in [0.3, 0.4) is 0 Å². The summed E-state index contributed by atoms with van der Waals surface area (Å²) in [4.78, 5) is 10.6. The van der Waals surface area contributed by atoms with E-state index < -0.39 is 5.97 Å². The molecule has 0 aromatic heterocycles. The van der Waals surface area contributed by atoms with Gasteiger partial charge < -0.3 is 10.2 Å². The fraction of sp³-hybridized carbons (Fsp3) is 0.357. The molecule has 0 aliphatic carbocycles. The number of phenols is 1. The van der Waals surface area contributed by atoms with Crippen molar-refractivity contribution in [3.8, 4) is 5.75 Å². The van der Waals surface area contributed by atoms with Gasteiger partial charge in [-0.15, -0.1) is 0 Å². The number of carboxylic acids is 1. The smallest absolute Gasteiger partial charge is 0.330 e. The second-order valence-corrected chi connectivity index (χ2v) is 4.31. The van der Waals surface area contributed by atoms with Crippen LogP contribution in [0.4, 0.5) is 0 Å². The van der Waals surface area contributed by atoms with E-state index in [9.17, 15) is 9.90 Å². The van der Waals surface area contributed by atoms with E-state index in [0.29, 0.717) is 17.7 Å². The number of hydrogen-bond acceptors (Lipinski definition) is 2. The Balaban J connectivity index is 2.71. The predicted octanol–water partition coefficient (Wildman–Crippen LogP) is 2.97. The summed E-state index contributed by atoms with van der Waals surface area (Å²) in [6.45, 7) is 5.32. The monoisotopic (exact) mass is 234 g/mol. The topological polar surface area (TPSA) is 57.5 Å². The normalized spacial score (nSPS) is 11.6.